The second-order valence-electron chi connectivity index (χ2n) is 8.43. The van der Waals surface area contributed by atoms with Crippen molar-refractivity contribution >= 4 is 21.9 Å². The third-order valence-corrected chi connectivity index (χ3v) is 6.41. The largest absolute Gasteiger partial charge is 0.353 e. The number of fused-ring (bicyclic) bond motifs is 2. The summed E-state index contributed by atoms with van der Waals surface area (Å²) < 4.78 is 0. The second-order valence-corrected chi connectivity index (χ2v) is 8.43. The van der Waals surface area contributed by atoms with Gasteiger partial charge in [0.05, 0.1) is 5.69 Å². The van der Waals surface area contributed by atoms with Gasteiger partial charge in [0.2, 0.25) is 0 Å². The smallest absolute Gasteiger partial charge is 0.155 e. The van der Waals surface area contributed by atoms with E-state index in [-0.39, 0.29) is 0 Å². The van der Waals surface area contributed by atoms with Crippen molar-refractivity contribution in [1.82, 2.24) is 35.4 Å². The summed E-state index contributed by atoms with van der Waals surface area (Å²) in [5.41, 5.74) is 8.51. The van der Waals surface area contributed by atoms with Gasteiger partial charge < -0.3 is 10.3 Å². The highest BCUT2D eigenvalue weighted by molar-refractivity contribution is 5.98. The van der Waals surface area contributed by atoms with Crippen LogP contribution in [0.15, 0.2) is 55.0 Å². The maximum absolute atomic E-state index is 4.71. The van der Waals surface area contributed by atoms with Crippen molar-refractivity contribution in [2.24, 2.45) is 0 Å². The Morgan fingerprint density at radius 3 is 2.78 bits per heavy atom. The van der Waals surface area contributed by atoms with Crippen molar-refractivity contribution in [2.45, 2.75) is 13.5 Å². The first-order chi connectivity index (χ1) is 15.8. The number of aromatic nitrogens is 5. The van der Waals surface area contributed by atoms with Crippen LogP contribution in [0.4, 0.5) is 0 Å². The van der Waals surface area contributed by atoms with Crippen molar-refractivity contribution < 1.29 is 0 Å². The highest BCUT2D eigenvalue weighted by Gasteiger charge is 2.21. The molecule has 3 N–H and O–H groups in total. The molecule has 0 unspecified atom stereocenters. The van der Waals surface area contributed by atoms with Crippen molar-refractivity contribution in [2.75, 3.05) is 26.2 Å². The van der Waals surface area contributed by atoms with E-state index >= 15 is 0 Å². The van der Waals surface area contributed by atoms with E-state index in [1.54, 1.807) is 0 Å². The number of rotatable bonds is 4. The van der Waals surface area contributed by atoms with E-state index in [0.29, 0.717) is 0 Å². The highest BCUT2D eigenvalue weighted by atomic mass is 15.2. The summed E-state index contributed by atoms with van der Waals surface area (Å²) in [6.45, 7) is 7.14. The summed E-state index contributed by atoms with van der Waals surface area (Å²) in [5.74, 6) is 0. The molecular formula is C25H25N7. The molecule has 160 valence electrons. The van der Waals surface area contributed by atoms with Crippen LogP contribution >= 0.6 is 0 Å². The minimum atomic E-state index is 0.789. The Hall–Kier alpha value is -3.55. The van der Waals surface area contributed by atoms with Crippen LogP contribution in [0.1, 0.15) is 11.1 Å². The van der Waals surface area contributed by atoms with Crippen molar-refractivity contribution in [3.63, 3.8) is 0 Å². The summed E-state index contributed by atoms with van der Waals surface area (Å²) in [6.07, 6.45) is 5.61. The van der Waals surface area contributed by atoms with E-state index in [1.165, 1.54) is 16.5 Å². The fraction of sp³-hybridized carbons (Fsp3) is 0.240. The Bertz CT molecular complexity index is 1410. The van der Waals surface area contributed by atoms with E-state index in [2.05, 4.69) is 67.5 Å². The molecule has 5 aromatic rings. The number of para-hydroxylation sites is 1. The maximum Gasteiger partial charge on any atom is 0.155 e. The number of hydrogen-bond donors (Lipinski definition) is 3. The molecule has 1 aromatic carbocycles. The van der Waals surface area contributed by atoms with Crippen molar-refractivity contribution in [3.8, 4) is 22.5 Å². The van der Waals surface area contributed by atoms with Crippen LogP contribution in [0, 0.1) is 6.92 Å². The van der Waals surface area contributed by atoms with Gasteiger partial charge in [0, 0.05) is 84.3 Å². The van der Waals surface area contributed by atoms with Crippen molar-refractivity contribution in [3.05, 3.63) is 66.1 Å². The lowest BCUT2D eigenvalue weighted by molar-refractivity contribution is 0.234. The van der Waals surface area contributed by atoms with Gasteiger partial charge >= 0.3 is 0 Å². The summed E-state index contributed by atoms with van der Waals surface area (Å²) in [4.78, 5) is 15.1. The van der Waals surface area contributed by atoms with E-state index in [1.807, 2.05) is 24.7 Å². The number of hydrogen-bond acceptors (Lipinski definition) is 5. The van der Waals surface area contributed by atoms with E-state index in [0.717, 1.165) is 71.8 Å². The predicted octanol–water partition coefficient (Wildman–Crippen LogP) is 3.88. The Morgan fingerprint density at radius 1 is 1.03 bits per heavy atom. The number of aryl methyl sites for hydroxylation is 1. The van der Waals surface area contributed by atoms with Gasteiger partial charge in [0.1, 0.15) is 5.69 Å². The lowest BCUT2D eigenvalue weighted by atomic mass is 10.0. The number of nitrogens with zero attached hydrogens (tertiary/aromatic N) is 4. The van der Waals surface area contributed by atoms with Gasteiger partial charge in [-0.2, -0.15) is 5.10 Å². The first-order valence-corrected chi connectivity index (χ1v) is 11.1. The van der Waals surface area contributed by atoms with Crippen LogP contribution in [-0.2, 0) is 6.54 Å². The van der Waals surface area contributed by atoms with Crippen LogP contribution in [0.2, 0.25) is 0 Å². The predicted molar refractivity (Wildman–Crippen MR) is 127 cm³/mol. The molecule has 7 heteroatoms. The average molecular weight is 424 g/mol. The summed E-state index contributed by atoms with van der Waals surface area (Å²) >= 11 is 0. The van der Waals surface area contributed by atoms with Crippen LogP contribution < -0.4 is 5.32 Å². The van der Waals surface area contributed by atoms with Gasteiger partial charge in [0.25, 0.3) is 0 Å². The van der Waals surface area contributed by atoms with Crippen LogP contribution in [0.3, 0.4) is 0 Å². The molecule has 4 aromatic heterocycles. The third kappa shape index (κ3) is 3.26. The molecule has 0 spiro atoms. The molecule has 0 saturated carbocycles. The molecule has 1 saturated heterocycles. The van der Waals surface area contributed by atoms with Gasteiger partial charge in [-0.05, 0) is 30.7 Å². The Kier molecular flexibility index (Phi) is 4.70. The number of piperazine rings is 1. The fourth-order valence-corrected chi connectivity index (χ4v) is 4.67. The molecule has 6 rings (SSSR count). The standard InChI is InChI=1S/C25H25N7/c1-16-6-7-27-14-20(16)17-12-19-24(30-31-25(19)28-13-17)23-21(15-32-10-8-26-9-11-32)18-4-2-3-5-22(18)29-23/h2-7,12-14,26,29H,8-11,15H2,1H3,(H,28,30,31). The molecule has 1 aliphatic rings. The maximum atomic E-state index is 4.71. The van der Waals surface area contributed by atoms with Gasteiger partial charge in [-0.15, -0.1) is 0 Å². The first kappa shape index (κ1) is 19.2. The zero-order chi connectivity index (χ0) is 21.5. The van der Waals surface area contributed by atoms with Gasteiger partial charge in [-0.1, -0.05) is 18.2 Å². The van der Waals surface area contributed by atoms with Crippen LogP contribution in [0.25, 0.3) is 44.5 Å². The molecule has 0 bridgehead atoms. The van der Waals surface area contributed by atoms with Crippen LogP contribution in [-0.4, -0.2) is 56.2 Å². The third-order valence-electron chi connectivity index (χ3n) is 6.41. The molecule has 1 aliphatic heterocycles. The summed E-state index contributed by atoms with van der Waals surface area (Å²) in [6, 6.07) is 12.7. The number of pyridine rings is 2. The van der Waals surface area contributed by atoms with Gasteiger partial charge in [-0.25, -0.2) is 4.98 Å². The number of benzene rings is 1. The molecule has 0 radical (unpaired) electrons. The summed E-state index contributed by atoms with van der Waals surface area (Å²) in [5, 5.41) is 13.6. The Labute approximate surface area is 185 Å². The average Bonchev–Trinajstić information content (AvgIpc) is 3.41. The number of H-pyrrole nitrogens is 2. The minimum Gasteiger partial charge on any atom is -0.353 e. The first-order valence-electron chi connectivity index (χ1n) is 11.1. The topological polar surface area (TPSA) is 85.5 Å². The minimum absolute atomic E-state index is 0.789. The Morgan fingerprint density at radius 2 is 1.91 bits per heavy atom. The molecule has 7 nitrogen and oxygen atoms in total. The zero-order valence-corrected chi connectivity index (χ0v) is 18.0. The SMILES string of the molecule is Cc1ccncc1-c1cnc2[nH]nc(-c3[nH]c4ccccc4c3CN3CCNCC3)c2c1. The number of nitrogens with one attached hydrogen (secondary N) is 3. The van der Waals surface area contributed by atoms with E-state index in [9.17, 15) is 0 Å². The zero-order valence-electron chi connectivity index (χ0n) is 18.0. The molecule has 0 aliphatic carbocycles. The molecule has 0 amide bonds. The molecule has 32 heavy (non-hydrogen) atoms. The monoisotopic (exact) mass is 423 g/mol. The second kappa shape index (κ2) is 7.85. The summed E-state index contributed by atoms with van der Waals surface area (Å²) in [7, 11) is 0. The van der Waals surface area contributed by atoms with Crippen molar-refractivity contribution in [1.29, 1.82) is 0 Å². The van der Waals surface area contributed by atoms with Crippen LogP contribution in [0.5, 0.6) is 0 Å². The fourth-order valence-electron chi connectivity index (χ4n) is 4.67. The molecule has 0 atom stereocenters. The molecular weight excluding hydrogens is 398 g/mol. The quantitative estimate of drug-likeness (QED) is 0.408. The van der Waals surface area contributed by atoms with E-state index < -0.39 is 0 Å². The van der Waals surface area contributed by atoms with Gasteiger partial charge in [-0.3, -0.25) is 15.0 Å². The lowest BCUT2D eigenvalue weighted by Crippen LogP contribution is -2.42. The molecule has 5 heterocycles. The van der Waals surface area contributed by atoms with E-state index in [4.69, 9.17) is 5.10 Å². The molecule has 1 fully saturated rings. The van der Waals surface area contributed by atoms with Gasteiger partial charge in [0.15, 0.2) is 5.65 Å². The lowest BCUT2D eigenvalue weighted by Gasteiger charge is -2.27. The highest BCUT2D eigenvalue weighted by Crippen LogP contribution is 2.35. The normalized spacial score (nSPS) is 15.0. The Balaban J connectivity index is 1.51. The number of aromatic amines is 2.